The van der Waals surface area contributed by atoms with Crippen LogP contribution in [-0.4, -0.2) is 23.2 Å². The van der Waals surface area contributed by atoms with Crippen molar-refractivity contribution >= 4 is 29.5 Å². The summed E-state index contributed by atoms with van der Waals surface area (Å²) >= 11 is 3.03. The average Bonchev–Trinajstić information content (AvgIpc) is 2.26. The third kappa shape index (κ3) is 3.27. The van der Waals surface area contributed by atoms with Gasteiger partial charge in [-0.05, 0) is 24.6 Å². The van der Waals surface area contributed by atoms with E-state index >= 15 is 0 Å². The van der Waals surface area contributed by atoms with Gasteiger partial charge in [0.25, 0.3) is 0 Å². The Morgan fingerprint density at radius 2 is 1.79 bits per heavy atom. The summed E-state index contributed by atoms with van der Waals surface area (Å²) in [6.07, 6.45) is 3.83. The van der Waals surface area contributed by atoms with Crippen molar-refractivity contribution < 1.29 is 9.53 Å². The van der Waals surface area contributed by atoms with E-state index in [2.05, 4.69) is 0 Å². The lowest BCUT2D eigenvalue weighted by Crippen LogP contribution is -2.11. The normalized spacial score (nSPS) is 10.2. The second kappa shape index (κ2) is 5.98. The molecule has 14 heavy (non-hydrogen) atoms. The fourth-order valence-electron chi connectivity index (χ4n) is 0.922. The highest BCUT2D eigenvalue weighted by Crippen LogP contribution is 2.21. The van der Waals surface area contributed by atoms with Crippen LogP contribution in [-0.2, 0) is 4.74 Å². The van der Waals surface area contributed by atoms with Crippen LogP contribution < -0.4 is 0 Å². The first kappa shape index (κ1) is 11.5. The van der Waals surface area contributed by atoms with Crippen LogP contribution in [0.4, 0.5) is 0 Å². The minimum absolute atomic E-state index is 0.122. The first-order valence-electron chi connectivity index (χ1n) is 4.09. The Bertz CT molecular complexity index is 283. The van der Waals surface area contributed by atoms with E-state index in [4.69, 9.17) is 4.74 Å². The maximum atomic E-state index is 11.5. The highest BCUT2D eigenvalue weighted by atomic mass is 32.2. The molecule has 0 spiro atoms. The number of ether oxygens (including phenoxy) is 1. The second-order valence-electron chi connectivity index (χ2n) is 2.53. The van der Waals surface area contributed by atoms with Gasteiger partial charge in [0.05, 0.1) is 5.56 Å². The lowest BCUT2D eigenvalue weighted by Gasteiger charge is -2.12. The van der Waals surface area contributed by atoms with Gasteiger partial charge in [0.1, 0.15) is 0 Å². The number of thioether (sulfide) groups is 2. The van der Waals surface area contributed by atoms with Gasteiger partial charge in [0, 0.05) is 0 Å². The average molecular weight is 228 g/mol. The fraction of sp³-hybridized carbons (Fsp3) is 0.300. The van der Waals surface area contributed by atoms with Crippen molar-refractivity contribution in [1.82, 2.24) is 0 Å². The van der Waals surface area contributed by atoms with Crippen LogP contribution in [0.2, 0.25) is 0 Å². The van der Waals surface area contributed by atoms with Crippen LogP contribution in [0.15, 0.2) is 30.3 Å². The molecule has 0 fully saturated rings. The predicted octanol–water partition coefficient (Wildman–Crippen LogP) is 2.85. The molecular weight excluding hydrogens is 216 g/mol. The summed E-state index contributed by atoms with van der Waals surface area (Å²) in [5, 5.41) is 0. The summed E-state index contributed by atoms with van der Waals surface area (Å²) in [6.45, 7) is 0. The molecular formula is C10H12O2S2. The summed E-state index contributed by atoms with van der Waals surface area (Å²) in [5.41, 5.74) is 0.598. The molecule has 0 amide bonds. The second-order valence-corrected chi connectivity index (χ2v) is 4.63. The number of benzene rings is 1. The van der Waals surface area contributed by atoms with E-state index in [-0.39, 0.29) is 10.7 Å². The maximum absolute atomic E-state index is 11.5. The number of hydrogen-bond donors (Lipinski definition) is 0. The minimum atomic E-state index is -0.265. The third-order valence-electron chi connectivity index (χ3n) is 1.60. The molecule has 0 radical (unpaired) electrons. The molecule has 0 aliphatic heterocycles. The van der Waals surface area contributed by atoms with E-state index in [1.807, 2.05) is 30.7 Å². The zero-order chi connectivity index (χ0) is 10.4. The van der Waals surface area contributed by atoms with Gasteiger partial charge < -0.3 is 4.74 Å². The summed E-state index contributed by atoms with van der Waals surface area (Å²) in [6, 6.07) is 9.02. The fourth-order valence-corrected chi connectivity index (χ4v) is 2.06. The highest BCUT2D eigenvalue weighted by molar-refractivity contribution is 8.16. The van der Waals surface area contributed by atoms with E-state index in [1.165, 1.54) is 23.5 Å². The summed E-state index contributed by atoms with van der Waals surface area (Å²) in [4.78, 5) is 11.5. The van der Waals surface area contributed by atoms with Crippen molar-refractivity contribution in [2.75, 3.05) is 12.5 Å². The summed E-state index contributed by atoms with van der Waals surface area (Å²) < 4.78 is 5.10. The maximum Gasteiger partial charge on any atom is 0.339 e. The first-order chi connectivity index (χ1) is 6.77. The van der Waals surface area contributed by atoms with Gasteiger partial charge in [-0.1, -0.05) is 18.2 Å². The zero-order valence-electron chi connectivity index (χ0n) is 8.10. The Morgan fingerprint density at radius 3 is 2.29 bits per heavy atom. The van der Waals surface area contributed by atoms with Crippen LogP contribution >= 0.6 is 23.5 Å². The molecule has 1 aromatic carbocycles. The topological polar surface area (TPSA) is 26.3 Å². The quantitative estimate of drug-likeness (QED) is 0.585. The molecule has 1 aromatic rings. The van der Waals surface area contributed by atoms with Crippen molar-refractivity contribution in [2.24, 2.45) is 0 Å². The molecule has 2 nitrogen and oxygen atoms in total. The Kier molecular flexibility index (Phi) is 4.90. The molecule has 0 aliphatic rings. The molecule has 0 saturated heterocycles. The zero-order valence-corrected chi connectivity index (χ0v) is 9.73. The molecule has 0 bridgehead atoms. The lowest BCUT2D eigenvalue weighted by atomic mass is 10.2. The molecule has 0 aliphatic carbocycles. The third-order valence-corrected chi connectivity index (χ3v) is 3.71. The predicted molar refractivity (Wildman–Crippen MR) is 62.7 cm³/mol. The van der Waals surface area contributed by atoms with E-state index < -0.39 is 0 Å². The van der Waals surface area contributed by atoms with Gasteiger partial charge in [-0.25, -0.2) is 4.79 Å². The van der Waals surface area contributed by atoms with Crippen molar-refractivity contribution in [1.29, 1.82) is 0 Å². The van der Waals surface area contributed by atoms with Crippen molar-refractivity contribution in [3.05, 3.63) is 35.9 Å². The Labute approximate surface area is 92.4 Å². The standard InChI is InChI=1S/C10H12O2S2/c1-13-10(14-2)12-9(11)8-6-4-3-5-7-8/h3-7,10H,1-2H3. The SMILES string of the molecule is CSC(OC(=O)c1ccccc1)SC. The largest absolute Gasteiger partial charge is 0.437 e. The molecule has 0 aromatic heterocycles. The Balaban J connectivity index is 2.59. The van der Waals surface area contributed by atoms with E-state index in [9.17, 15) is 4.79 Å². The van der Waals surface area contributed by atoms with Crippen LogP contribution in [0, 0.1) is 0 Å². The van der Waals surface area contributed by atoms with Gasteiger partial charge in [0.15, 0.2) is 4.77 Å². The number of hydrogen-bond acceptors (Lipinski definition) is 4. The van der Waals surface area contributed by atoms with E-state index in [0.717, 1.165) is 0 Å². The summed E-state index contributed by atoms with van der Waals surface area (Å²) in [7, 11) is 0. The molecule has 76 valence electrons. The smallest absolute Gasteiger partial charge is 0.339 e. The lowest BCUT2D eigenvalue weighted by molar-refractivity contribution is 0.0549. The molecule has 0 atom stereocenters. The molecule has 0 saturated carbocycles. The number of rotatable bonds is 4. The first-order valence-corrected chi connectivity index (χ1v) is 6.67. The summed E-state index contributed by atoms with van der Waals surface area (Å²) in [5.74, 6) is -0.265. The minimum Gasteiger partial charge on any atom is -0.437 e. The van der Waals surface area contributed by atoms with Crippen LogP contribution in [0.5, 0.6) is 0 Å². The van der Waals surface area contributed by atoms with Crippen molar-refractivity contribution in [2.45, 2.75) is 4.77 Å². The Morgan fingerprint density at radius 1 is 1.21 bits per heavy atom. The van der Waals surface area contributed by atoms with Gasteiger partial charge in [-0.3, -0.25) is 0 Å². The molecule has 0 unspecified atom stereocenters. The number of esters is 1. The van der Waals surface area contributed by atoms with Gasteiger partial charge in [0.2, 0.25) is 0 Å². The van der Waals surface area contributed by atoms with Gasteiger partial charge >= 0.3 is 5.97 Å². The monoisotopic (exact) mass is 228 g/mol. The van der Waals surface area contributed by atoms with Crippen LogP contribution in [0.3, 0.4) is 0 Å². The molecule has 4 heteroatoms. The van der Waals surface area contributed by atoms with Gasteiger partial charge in [-0.15, -0.1) is 23.5 Å². The molecule has 0 heterocycles. The molecule has 0 N–H and O–H groups in total. The van der Waals surface area contributed by atoms with Crippen molar-refractivity contribution in [3.63, 3.8) is 0 Å². The van der Waals surface area contributed by atoms with Gasteiger partial charge in [-0.2, -0.15) is 0 Å². The number of carbonyl (C=O) groups excluding carboxylic acids is 1. The van der Waals surface area contributed by atoms with E-state index in [1.54, 1.807) is 12.1 Å². The van der Waals surface area contributed by atoms with Crippen LogP contribution in [0.1, 0.15) is 10.4 Å². The van der Waals surface area contributed by atoms with Crippen LogP contribution in [0.25, 0.3) is 0 Å². The number of carbonyl (C=O) groups is 1. The van der Waals surface area contributed by atoms with Crippen molar-refractivity contribution in [3.8, 4) is 0 Å². The Hall–Kier alpha value is -0.610. The van der Waals surface area contributed by atoms with E-state index in [0.29, 0.717) is 5.56 Å². The molecule has 1 rings (SSSR count). The highest BCUT2D eigenvalue weighted by Gasteiger charge is 2.12.